The van der Waals surface area contributed by atoms with E-state index in [-0.39, 0.29) is 6.04 Å². The third kappa shape index (κ3) is 3.91. The molecule has 134 valence electrons. The first-order valence-corrected chi connectivity index (χ1v) is 9.02. The second-order valence-electron chi connectivity index (χ2n) is 6.66. The Kier molecular flexibility index (Phi) is 4.93. The molecule has 3 heterocycles. The molecular weight excluding hydrogens is 326 g/mol. The van der Waals surface area contributed by atoms with Gasteiger partial charge in [0.05, 0.1) is 11.7 Å². The number of hydrogen-bond acceptors (Lipinski definition) is 5. The highest BCUT2D eigenvalue weighted by atomic mass is 16.5. The van der Waals surface area contributed by atoms with E-state index in [0.29, 0.717) is 6.61 Å². The third-order valence-corrected chi connectivity index (χ3v) is 4.67. The van der Waals surface area contributed by atoms with E-state index in [0.717, 1.165) is 42.6 Å². The van der Waals surface area contributed by atoms with Crippen LogP contribution >= 0.6 is 0 Å². The molecule has 1 fully saturated rings. The summed E-state index contributed by atoms with van der Waals surface area (Å²) in [5.41, 5.74) is 2.17. The molecule has 3 aromatic rings. The maximum atomic E-state index is 5.90. The van der Waals surface area contributed by atoms with Gasteiger partial charge in [0.15, 0.2) is 5.82 Å². The molecule has 0 bridgehead atoms. The van der Waals surface area contributed by atoms with Crippen LogP contribution in [0.15, 0.2) is 48.7 Å². The Morgan fingerprint density at radius 2 is 2.19 bits per heavy atom. The van der Waals surface area contributed by atoms with E-state index in [1.165, 1.54) is 12.0 Å². The van der Waals surface area contributed by atoms with Gasteiger partial charge in [-0.3, -0.25) is 15.0 Å². The zero-order chi connectivity index (χ0) is 17.8. The summed E-state index contributed by atoms with van der Waals surface area (Å²) < 4.78 is 5.90. The van der Waals surface area contributed by atoms with Crippen molar-refractivity contribution in [2.45, 2.75) is 39.0 Å². The number of nitrogens with zero attached hydrogens (tertiary/aromatic N) is 4. The normalized spacial score (nSPS) is 17.5. The highest BCUT2D eigenvalue weighted by Gasteiger charge is 2.28. The van der Waals surface area contributed by atoms with Crippen LogP contribution in [-0.4, -0.2) is 31.6 Å². The smallest absolute Gasteiger partial charge is 0.167 e. The standard InChI is InChI=1S/C20H23N5O/c1-15-22-20(24-23-15)19-9-5-11-25(19)13-16-6-4-8-18(12-16)26-14-17-7-2-3-10-21-17/h2-4,6-8,10,12,19H,5,9,11,13-14H2,1H3,(H,22,23,24)/t19-/m0/s1. The fourth-order valence-electron chi connectivity index (χ4n) is 3.43. The molecule has 0 saturated carbocycles. The molecule has 0 unspecified atom stereocenters. The van der Waals surface area contributed by atoms with Gasteiger partial charge < -0.3 is 4.74 Å². The molecular formula is C20H23N5O. The van der Waals surface area contributed by atoms with Crippen LogP contribution in [0.3, 0.4) is 0 Å². The van der Waals surface area contributed by atoms with Crippen molar-refractivity contribution in [2.75, 3.05) is 6.54 Å². The fraction of sp³-hybridized carbons (Fsp3) is 0.350. The van der Waals surface area contributed by atoms with Crippen LogP contribution in [0.25, 0.3) is 0 Å². The maximum Gasteiger partial charge on any atom is 0.167 e. The Bertz CT molecular complexity index is 848. The molecule has 26 heavy (non-hydrogen) atoms. The predicted octanol–water partition coefficient (Wildman–Crippen LogP) is 3.42. The Balaban J connectivity index is 1.41. The van der Waals surface area contributed by atoms with E-state index in [1.54, 1.807) is 6.20 Å². The van der Waals surface area contributed by atoms with Crippen molar-refractivity contribution in [3.8, 4) is 5.75 Å². The lowest BCUT2D eigenvalue weighted by Gasteiger charge is -2.22. The van der Waals surface area contributed by atoms with Crippen molar-refractivity contribution in [1.29, 1.82) is 0 Å². The van der Waals surface area contributed by atoms with E-state index in [1.807, 2.05) is 37.3 Å². The second-order valence-corrected chi connectivity index (χ2v) is 6.66. The van der Waals surface area contributed by atoms with Gasteiger partial charge in [-0.05, 0) is 56.1 Å². The Morgan fingerprint density at radius 1 is 1.23 bits per heavy atom. The largest absolute Gasteiger partial charge is 0.487 e. The van der Waals surface area contributed by atoms with Crippen LogP contribution in [0.2, 0.25) is 0 Å². The fourth-order valence-corrected chi connectivity index (χ4v) is 3.43. The lowest BCUT2D eigenvalue weighted by molar-refractivity contribution is 0.239. The Labute approximate surface area is 153 Å². The molecule has 0 radical (unpaired) electrons. The van der Waals surface area contributed by atoms with Crippen LogP contribution in [0, 0.1) is 6.92 Å². The highest BCUT2D eigenvalue weighted by molar-refractivity contribution is 5.29. The Morgan fingerprint density at radius 3 is 3.00 bits per heavy atom. The van der Waals surface area contributed by atoms with Crippen molar-refractivity contribution >= 4 is 0 Å². The van der Waals surface area contributed by atoms with Crippen molar-refractivity contribution in [3.05, 3.63) is 71.6 Å². The average molecular weight is 349 g/mol. The quantitative estimate of drug-likeness (QED) is 0.738. The van der Waals surface area contributed by atoms with Crippen LogP contribution in [0.5, 0.6) is 5.75 Å². The molecule has 2 aromatic heterocycles. The van der Waals surface area contributed by atoms with E-state index >= 15 is 0 Å². The van der Waals surface area contributed by atoms with Gasteiger partial charge in [-0.15, -0.1) is 0 Å². The van der Waals surface area contributed by atoms with Crippen LogP contribution < -0.4 is 4.74 Å². The van der Waals surface area contributed by atoms with E-state index < -0.39 is 0 Å². The van der Waals surface area contributed by atoms with Crippen molar-refractivity contribution in [1.82, 2.24) is 25.1 Å². The van der Waals surface area contributed by atoms with Gasteiger partial charge in [0, 0.05) is 12.7 Å². The molecule has 6 heteroatoms. The SMILES string of the molecule is Cc1nc([C@@H]2CCCN2Cc2cccc(OCc3ccccn3)c2)n[nH]1. The molecule has 6 nitrogen and oxygen atoms in total. The van der Waals surface area contributed by atoms with Crippen LogP contribution in [0.4, 0.5) is 0 Å². The predicted molar refractivity (Wildman–Crippen MR) is 98.5 cm³/mol. The van der Waals surface area contributed by atoms with Crippen molar-refractivity contribution in [2.24, 2.45) is 0 Å². The minimum atomic E-state index is 0.290. The molecule has 1 saturated heterocycles. The maximum absolute atomic E-state index is 5.90. The van der Waals surface area contributed by atoms with Gasteiger partial charge in [-0.1, -0.05) is 18.2 Å². The summed E-state index contributed by atoms with van der Waals surface area (Å²) >= 11 is 0. The van der Waals surface area contributed by atoms with Gasteiger partial charge in [-0.2, -0.15) is 5.10 Å². The van der Waals surface area contributed by atoms with E-state index in [9.17, 15) is 0 Å². The number of nitrogens with one attached hydrogen (secondary N) is 1. The van der Waals surface area contributed by atoms with Gasteiger partial charge in [-0.25, -0.2) is 4.98 Å². The summed E-state index contributed by atoms with van der Waals surface area (Å²) in [7, 11) is 0. The van der Waals surface area contributed by atoms with Crippen LogP contribution in [0.1, 0.15) is 41.8 Å². The molecule has 1 aliphatic heterocycles. The van der Waals surface area contributed by atoms with E-state index in [2.05, 4.69) is 37.2 Å². The topological polar surface area (TPSA) is 66.9 Å². The number of aryl methyl sites for hydroxylation is 1. The highest BCUT2D eigenvalue weighted by Crippen LogP contribution is 2.31. The van der Waals surface area contributed by atoms with Gasteiger partial charge in [0.2, 0.25) is 0 Å². The first-order valence-electron chi connectivity index (χ1n) is 9.02. The lowest BCUT2D eigenvalue weighted by Crippen LogP contribution is -2.23. The number of aromatic nitrogens is 4. The molecule has 0 spiro atoms. The molecule has 1 aliphatic rings. The number of pyridine rings is 1. The number of hydrogen-bond donors (Lipinski definition) is 1. The monoisotopic (exact) mass is 349 g/mol. The average Bonchev–Trinajstić information content (AvgIpc) is 3.30. The lowest BCUT2D eigenvalue weighted by atomic mass is 10.1. The zero-order valence-electron chi connectivity index (χ0n) is 14.9. The molecule has 0 aliphatic carbocycles. The van der Waals surface area contributed by atoms with Gasteiger partial charge in [0.1, 0.15) is 18.2 Å². The first kappa shape index (κ1) is 16.7. The van der Waals surface area contributed by atoms with Gasteiger partial charge in [0.25, 0.3) is 0 Å². The van der Waals surface area contributed by atoms with Crippen molar-refractivity contribution < 1.29 is 4.74 Å². The second kappa shape index (κ2) is 7.66. The molecule has 4 rings (SSSR count). The minimum absolute atomic E-state index is 0.290. The molecule has 1 aromatic carbocycles. The van der Waals surface area contributed by atoms with E-state index in [4.69, 9.17) is 4.74 Å². The number of H-pyrrole nitrogens is 1. The Hall–Kier alpha value is -2.73. The molecule has 1 N–H and O–H groups in total. The van der Waals surface area contributed by atoms with Crippen LogP contribution in [-0.2, 0) is 13.2 Å². The zero-order valence-corrected chi connectivity index (χ0v) is 14.9. The summed E-state index contributed by atoms with van der Waals surface area (Å²) in [5, 5.41) is 7.32. The number of rotatable bonds is 6. The first-order chi connectivity index (χ1) is 12.8. The summed E-state index contributed by atoms with van der Waals surface area (Å²) in [6, 6.07) is 14.4. The molecule has 1 atom stereocenters. The number of benzene rings is 1. The third-order valence-electron chi connectivity index (χ3n) is 4.67. The summed E-state index contributed by atoms with van der Waals surface area (Å²) in [6.07, 6.45) is 4.06. The summed E-state index contributed by atoms with van der Waals surface area (Å²) in [5.74, 6) is 2.65. The summed E-state index contributed by atoms with van der Waals surface area (Å²) in [6.45, 7) is 4.36. The minimum Gasteiger partial charge on any atom is -0.487 e. The molecule has 0 amide bonds. The number of ether oxygens (including phenoxy) is 1. The van der Waals surface area contributed by atoms with Crippen molar-refractivity contribution in [3.63, 3.8) is 0 Å². The summed E-state index contributed by atoms with van der Waals surface area (Å²) in [4.78, 5) is 11.3. The number of likely N-dealkylation sites (tertiary alicyclic amines) is 1. The van der Waals surface area contributed by atoms with Gasteiger partial charge >= 0.3 is 0 Å². The number of aromatic amines is 1.